The number of nitrogens with zero attached hydrogens (tertiary/aromatic N) is 3. The molecule has 0 bridgehead atoms. The van der Waals surface area contributed by atoms with Crippen LogP contribution in [0.25, 0.3) is 11.3 Å². The molecule has 0 saturated carbocycles. The number of benzene rings is 2. The fourth-order valence-corrected chi connectivity index (χ4v) is 3.01. The second-order valence-corrected chi connectivity index (χ2v) is 6.36. The van der Waals surface area contributed by atoms with Crippen LogP contribution in [0.5, 0.6) is 5.75 Å². The van der Waals surface area contributed by atoms with E-state index in [-0.39, 0.29) is 17.0 Å². The molecule has 2 N–H and O–H groups in total. The van der Waals surface area contributed by atoms with E-state index in [4.69, 9.17) is 0 Å². The van der Waals surface area contributed by atoms with Gasteiger partial charge < -0.3 is 5.11 Å². The highest BCUT2D eigenvalue weighted by Crippen LogP contribution is 2.30. The minimum Gasteiger partial charge on any atom is -0.507 e. The zero-order valence-corrected chi connectivity index (χ0v) is 14.0. The van der Waals surface area contributed by atoms with Gasteiger partial charge in [-0.3, -0.25) is 15.5 Å². The van der Waals surface area contributed by atoms with Gasteiger partial charge in [-0.2, -0.15) is 5.10 Å². The summed E-state index contributed by atoms with van der Waals surface area (Å²) in [4.78, 5) is 15.8. The smallest absolute Gasteiger partial charge is 0.270 e. The third-order valence-electron chi connectivity index (χ3n) is 3.43. The summed E-state index contributed by atoms with van der Waals surface area (Å²) in [5.41, 5.74) is 4.82. The summed E-state index contributed by atoms with van der Waals surface area (Å²) in [6, 6.07) is 13.6. The molecular weight excluding hydrogens is 340 g/mol. The SMILES string of the molecule is Cc1sc(NN=Cc2cc([N+](=O)[O-])ccc2O)nc1-c1ccccc1. The van der Waals surface area contributed by atoms with E-state index >= 15 is 0 Å². The fourth-order valence-electron chi connectivity index (χ4n) is 2.22. The number of hydrogen-bond donors (Lipinski definition) is 2. The lowest BCUT2D eigenvalue weighted by Crippen LogP contribution is -1.93. The number of aromatic hydroxyl groups is 1. The highest BCUT2D eigenvalue weighted by Gasteiger charge is 2.10. The Kier molecular flexibility index (Phi) is 4.71. The third kappa shape index (κ3) is 3.81. The number of rotatable bonds is 5. The van der Waals surface area contributed by atoms with Gasteiger partial charge in [-0.15, -0.1) is 11.3 Å². The van der Waals surface area contributed by atoms with Crippen molar-refractivity contribution in [3.8, 4) is 17.0 Å². The number of non-ortho nitro benzene ring substituents is 1. The van der Waals surface area contributed by atoms with E-state index in [2.05, 4.69) is 15.5 Å². The predicted octanol–water partition coefficient (Wildman–Crippen LogP) is 4.18. The molecule has 0 atom stereocenters. The number of anilines is 1. The Hall–Kier alpha value is -3.26. The van der Waals surface area contributed by atoms with Crippen LogP contribution in [0.15, 0.2) is 53.6 Å². The maximum atomic E-state index is 10.8. The maximum Gasteiger partial charge on any atom is 0.270 e. The van der Waals surface area contributed by atoms with E-state index in [9.17, 15) is 15.2 Å². The van der Waals surface area contributed by atoms with Gasteiger partial charge in [0.25, 0.3) is 5.69 Å². The Morgan fingerprint density at radius 1 is 1.28 bits per heavy atom. The molecule has 0 saturated heterocycles. The van der Waals surface area contributed by atoms with E-state index in [1.165, 1.54) is 35.8 Å². The average molecular weight is 354 g/mol. The molecule has 0 aliphatic heterocycles. The normalized spacial score (nSPS) is 10.9. The molecule has 3 rings (SSSR count). The molecule has 3 aromatic rings. The zero-order valence-electron chi connectivity index (χ0n) is 13.2. The number of aryl methyl sites for hydroxylation is 1. The highest BCUT2D eigenvalue weighted by atomic mass is 32.1. The molecule has 25 heavy (non-hydrogen) atoms. The second-order valence-electron chi connectivity index (χ2n) is 5.16. The van der Waals surface area contributed by atoms with Crippen molar-refractivity contribution in [3.63, 3.8) is 0 Å². The van der Waals surface area contributed by atoms with E-state index in [0.29, 0.717) is 5.13 Å². The first-order chi connectivity index (χ1) is 12.0. The number of nitro benzene ring substituents is 1. The van der Waals surface area contributed by atoms with Crippen LogP contribution in [0.1, 0.15) is 10.4 Å². The molecule has 0 amide bonds. The molecular formula is C17H14N4O3S. The van der Waals surface area contributed by atoms with Gasteiger partial charge in [-0.25, -0.2) is 4.98 Å². The van der Waals surface area contributed by atoms with Crippen LogP contribution < -0.4 is 5.43 Å². The molecule has 0 spiro atoms. The van der Waals surface area contributed by atoms with Crippen molar-refractivity contribution in [3.05, 3.63) is 69.1 Å². The topological polar surface area (TPSA) is 101 Å². The summed E-state index contributed by atoms with van der Waals surface area (Å²) in [6.45, 7) is 1.97. The van der Waals surface area contributed by atoms with E-state index in [1.54, 1.807) is 0 Å². The molecule has 0 aliphatic rings. The molecule has 126 valence electrons. The van der Waals surface area contributed by atoms with Gasteiger partial charge in [0.2, 0.25) is 5.13 Å². The Morgan fingerprint density at radius 2 is 2.04 bits per heavy atom. The number of aromatic nitrogens is 1. The Balaban J connectivity index is 1.77. The molecule has 0 unspecified atom stereocenters. The lowest BCUT2D eigenvalue weighted by molar-refractivity contribution is -0.384. The van der Waals surface area contributed by atoms with Crippen LogP contribution in [-0.2, 0) is 0 Å². The Morgan fingerprint density at radius 3 is 2.76 bits per heavy atom. The van der Waals surface area contributed by atoms with Crippen LogP contribution in [0.3, 0.4) is 0 Å². The van der Waals surface area contributed by atoms with Crippen LogP contribution in [0.2, 0.25) is 0 Å². The first-order valence-electron chi connectivity index (χ1n) is 7.34. The number of nitro groups is 1. The van der Waals surface area contributed by atoms with Crippen LogP contribution >= 0.6 is 11.3 Å². The first-order valence-corrected chi connectivity index (χ1v) is 8.15. The van der Waals surface area contributed by atoms with Gasteiger partial charge in [0.05, 0.1) is 16.8 Å². The summed E-state index contributed by atoms with van der Waals surface area (Å²) in [7, 11) is 0. The number of phenols is 1. The van der Waals surface area contributed by atoms with Crippen molar-refractivity contribution in [2.75, 3.05) is 5.43 Å². The molecule has 0 radical (unpaired) electrons. The second kappa shape index (κ2) is 7.10. The largest absolute Gasteiger partial charge is 0.507 e. The van der Waals surface area contributed by atoms with Crippen molar-refractivity contribution < 1.29 is 10.0 Å². The van der Waals surface area contributed by atoms with E-state index in [1.807, 2.05) is 37.3 Å². The number of phenolic OH excluding ortho intramolecular Hbond substituents is 1. The fraction of sp³-hybridized carbons (Fsp3) is 0.0588. The summed E-state index contributed by atoms with van der Waals surface area (Å²) in [6.07, 6.45) is 1.32. The van der Waals surface area contributed by atoms with Gasteiger partial charge in [0.15, 0.2) is 0 Å². The highest BCUT2D eigenvalue weighted by molar-refractivity contribution is 7.15. The molecule has 2 aromatic carbocycles. The van der Waals surface area contributed by atoms with Crippen molar-refractivity contribution >= 4 is 28.4 Å². The zero-order chi connectivity index (χ0) is 17.8. The summed E-state index contributed by atoms with van der Waals surface area (Å²) < 4.78 is 0. The minimum absolute atomic E-state index is 0.0866. The quantitative estimate of drug-likeness (QED) is 0.407. The van der Waals surface area contributed by atoms with Crippen molar-refractivity contribution in [2.24, 2.45) is 5.10 Å². The minimum atomic E-state index is -0.527. The average Bonchev–Trinajstić information content (AvgIpc) is 2.98. The van der Waals surface area contributed by atoms with Gasteiger partial charge in [-0.1, -0.05) is 30.3 Å². The van der Waals surface area contributed by atoms with Gasteiger partial charge in [0, 0.05) is 28.1 Å². The maximum absolute atomic E-state index is 10.8. The van der Waals surface area contributed by atoms with Gasteiger partial charge >= 0.3 is 0 Å². The van der Waals surface area contributed by atoms with Crippen molar-refractivity contribution in [1.29, 1.82) is 0 Å². The third-order valence-corrected chi connectivity index (χ3v) is 4.31. The predicted molar refractivity (Wildman–Crippen MR) is 98.3 cm³/mol. The molecule has 1 heterocycles. The van der Waals surface area contributed by atoms with Gasteiger partial charge in [-0.05, 0) is 13.0 Å². The van der Waals surface area contributed by atoms with Crippen LogP contribution in [-0.4, -0.2) is 21.2 Å². The summed E-state index contributed by atoms with van der Waals surface area (Å²) in [5.74, 6) is -0.0866. The van der Waals surface area contributed by atoms with Crippen molar-refractivity contribution in [1.82, 2.24) is 4.98 Å². The molecule has 7 nitrogen and oxygen atoms in total. The molecule has 1 aromatic heterocycles. The summed E-state index contributed by atoms with van der Waals surface area (Å²) >= 11 is 1.45. The number of thiazole rings is 1. The molecule has 8 heteroatoms. The molecule has 0 fully saturated rings. The van der Waals surface area contributed by atoms with Crippen molar-refractivity contribution in [2.45, 2.75) is 6.92 Å². The van der Waals surface area contributed by atoms with E-state index in [0.717, 1.165) is 16.1 Å². The lowest BCUT2D eigenvalue weighted by atomic mass is 10.1. The lowest BCUT2D eigenvalue weighted by Gasteiger charge is -1.99. The first kappa shape index (κ1) is 16.6. The van der Waals surface area contributed by atoms with Gasteiger partial charge in [0.1, 0.15) is 5.75 Å². The van der Waals surface area contributed by atoms with Crippen LogP contribution in [0.4, 0.5) is 10.8 Å². The number of hydrazone groups is 1. The molecule has 0 aliphatic carbocycles. The summed E-state index contributed by atoms with van der Waals surface area (Å²) in [5, 5.41) is 25.2. The Labute approximate surface area is 147 Å². The van der Waals surface area contributed by atoms with Crippen LogP contribution in [0, 0.1) is 17.0 Å². The Bertz CT molecular complexity index is 938. The number of hydrogen-bond acceptors (Lipinski definition) is 7. The van der Waals surface area contributed by atoms with E-state index < -0.39 is 4.92 Å². The standard InChI is InChI=1S/C17H14N4O3S/c1-11-16(12-5-3-2-4-6-12)19-17(25-11)20-18-10-13-9-14(21(23)24)7-8-15(13)22/h2-10,22H,1H3,(H,19,20). The monoisotopic (exact) mass is 354 g/mol. The number of nitrogens with one attached hydrogen (secondary N) is 1.